The van der Waals surface area contributed by atoms with Crippen LogP contribution in [0, 0.1) is 11.8 Å². The van der Waals surface area contributed by atoms with Gasteiger partial charge in [-0.15, -0.1) is 0 Å². The Kier molecular flexibility index (Phi) is 5.70. The van der Waals surface area contributed by atoms with E-state index in [1.54, 1.807) is 0 Å². The second-order valence-electron chi connectivity index (χ2n) is 5.52. The summed E-state index contributed by atoms with van der Waals surface area (Å²) in [5.74, 6) is 7.27. The Hall–Kier alpha value is -0.0900. The van der Waals surface area contributed by atoms with Gasteiger partial charge in [-0.05, 0) is 58.3 Å². The van der Waals surface area contributed by atoms with E-state index in [9.17, 15) is 0 Å². The minimum atomic E-state index is 0.208. The van der Waals surface area contributed by atoms with Crippen molar-refractivity contribution in [3.8, 4) is 0 Å². The van der Waals surface area contributed by atoms with Crippen LogP contribution in [0.1, 0.15) is 50.6 Å². The molecule has 1 aliphatic carbocycles. The Labute approximate surface area is 129 Å². The summed E-state index contributed by atoms with van der Waals surface area (Å²) in [5, 5.41) is 0.751. The molecule has 3 unspecified atom stereocenters. The highest BCUT2D eigenvalue weighted by Crippen LogP contribution is 2.39. The van der Waals surface area contributed by atoms with E-state index in [1.807, 2.05) is 12.1 Å². The van der Waals surface area contributed by atoms with E-state index >= 15 is 0 Å². The molecule has 2 nitrogen and oxygen atoms in total. The smallest absolute Gasteiger partial charge is 0.0551 e. The highest BCUT2D eigenvalue weighted by molar-refractivity contribution is 9.10. The summed E-state index contributed by atoms with van der Waals surface area (Å²) in [6.45, 7) is 2.29. The van der Waals surface area contributed by atoms with Crippen molar-refractivity contribution >= 4 is 27.5 Å². The Morgan fingerprint density at radius 3 is 2.89 bits per heavy atom. The van der Waals surface area contributed by atoms with Crippen LogP contribution in [0.15, 0.2) is 22.7 Å². The quantitative estimate of drug-likeness (QED) is 0.606. The first-order valence-electron chi connectivity index (χ1n) is 7.06. The molecule has 3 atom stereocenters. The first-order chi connectivity index (χ1) is 9.15. The van der Waals surface area contributed by atoms with Gasteiger partial charge in [0.1, 0.15) is 0 Å². The van der Waals surface area contributed by atoms with E-state index in [4.69, 9.17) is 17.4 Å². The molecular weight excluding hydrogens is 324 g/mol. The Morgan fingerprint density at radius 2 is 2.26 bits per heavy atom. The normalized spacial score (nSPS) is 25.3. The maximum absolute atomic E-state index is 6.19. The summed E-state index contributed by atoms with van der Waals surface area (Å²) in [4.78, 5) is 0. The number of nitrogens with two attached hydrogens (primary N) is 1. The van der Waals surface area contributed by atoms with Crippen LogP contribution < -0.4 is 11.3 Å². The average Bonchev–Trinajstić information content (AvgIpc) is 2.44. The van der Waals surface area contributed by atoms with Crippen LogP contribution in [-0.4, -0.2) is 0 Å². The summed E-state index contributed by atoms with van der Waals surface area (Å²) in [6.07, 6.45) is 6.46. The predicted molar refractivity (Wildman–Crippen MR) is 85.0 cm³/mol. The van der Waals surface area contributed by atoms with Crippen molar-refractivity contribution in [2.24, 2.45) is 17.7 Å². The van der Waals surface area contributed by atoms with Gasteiger partial charge in [-0.1, -0.05) is 43.9 Å². The molecule has 0 amide bonds. The molecule has 1 aromatic carbocycles. The van der Waals surface area contributed by atoms with Crippen LogP contribution in [0.25, 0.3) is 0 Å². The number of hydrogen-bond acceptors (Lipinski definition) is 2. The molecule has 1 aromatic rings. The van der Waals surface area contributed by atoms with E-state index in [0.29, 0.717) is 5.92 Å². The molecule has 19 heavy (non-hydrogen) atoms. The fourth-order valence-electron chi connectivity index (χ4n) is 3.22. The van der Waals surface area contributed by atoms with Gasteiger partial charge in [0.05, 0.1) is 5.02 Å². The van der Waals surface area contributed by atoms with E-state index in [1.165, 1.54) is 37.7 Å². The molecule has 0 aliphatic heterocycles. The molecule has 1 aliphatic rings. The predicted octanol–water partition coefficient (Wildman–Crippen LogP) is 4.82. The topological polar surface area (TPSA) is 38.0 Å². The summed E-state index contributed by atoms with van der Waals surface area (Å²) in [6, 6.07) is 6.34. The fraction of sp³-hybridized carbons (Fsp3) is 0.600. The van der Waals surface area contributed by atoms with Gasteiger partial charge in [0.15, 0.2) is 0 Å². The molecule has 0 spiro atoms. The molecule has 0 heterocycles. The summed E-state index contributed by atoms with van der Waals surface area (Å²) >= 11 is 9.63. The number of nitrogens with one attached hydrogen (secondary N) is 1. The number of hydrazine groups is 1. The van der Waals surface area contributed by atoms with Gasteiger partial charge < -0.3 is 0 Å². The Bertz CT molecular complexity index is 425. The zero-order valence-electron chi connectivity index (χ0n) is 11.3. The third-order valence-corrected chi connectivity index (χ3v) is 5.59. The third kappa shape index (κ3) is 3.72. The van der Waals surface area contributed by atoms with Crippen LogP contribution in [-0.2, 0) is 0 Å². The van der Waals surface area contributed by atoms with Crippen molar-refractivity contribution in [1.29, 1.82) is 0 Å². The van der Waals surface area contributed by atoms with Crippen molar-refractivity contribution in [3.63, 3.8) is 0 Å². The minimum Gasteiger partial charge on any atom is -0.271 e. The second-order valence-corrected chi connectivity index (χ2v) is 6.78. The lowest BCUT2D eigenvalue weighted by Crippen LogP contribution is -2.35. The average molecular weight is 346 g/mol. The van der Waals surface area contributed by atoms with Crippen molar-refractivity contribution in [2.45, 2.75) is 45.1 Å². The molecule has 0 bridgehead atoms. The fourth-order valence-corrected chi connectivity index (χ4v) is 3.65. The number of hydrogen-bond donors (Lipinski definition) is 2. The van der Waals surface area contributed by atoms with E-state index in [-0.39, 0.29) is 6.04 Å². The molecule has 1 saturated carbocycles. The van der Waals surface area contributed by atoms with Gasteiger partial charge in [-0.3, -0.25) is 11.3 Å². The molecule has 0 aromatic heterocycles. The Balaban J connectivity index is 2.16. The Morgan fingerprint density at radius 1 is 1.47 bits per heavy atom. The van der Waals surface area contributed by atoms with Crippen molar-refractivity contribution in [3.05, 3.63) is 33.3 Å². The SMILES string of the molecule is CCC1CCCC(C(NN)c2ccc(Br)c(Cl)c2)C1. The summed E-state index contributed by atoms with van der Waals surface area (Å²) in [5.41, 5.74) is 4.20. The maximum atomic E-state index is 6.19. The zero-order valence-corrected chi connectivity index (χ0v) is 13.7. The van der Waals surface area contributed by atoms with Crippen LogP contribution in [0.5, 0.6) is 0 Å². The molecule has 0 saturated heterocycles. The molecular formula is C15H22BrClN2. The van der Waals surface area contributed by atoms with Crippen molar-refractivity contribution in [2.75, 3.05) is 0 Å². The number of halogens is 2. The molecule has 3 N–H and O–H groups in total. The molecule has 1 fully saturated rings. The van der Waals surface area contributed by atoms with Crippen LogP contribution in [0.2, 0.25) is 5.02 Å². The van der Waals surface area contributed by atoms with Gasteiger partial charge in [0.25, 0.3) is 0 Å². The molecule has 0 radical (unpaired) electrons. The number of rotatable bonds is 4. The van der Waals surface area contributed by atoms with Crippen LogP contribution in [0.3, 0.4) is 0 Å². The largest absolute Gasteiger partial charge is 0.271 e. The van der Waals surface area contributed by atoms with Crippen LogP contribution >= 0.6 is 27.5 Å². The van der Waals surface area contributed by atoms with Gasteiger partial charge >= 0.3 is 0 Å². The molecule has 106 valence electrons. The first-order valence-corrected chi connectivity index (χ1v) is 8.23. The lowest BCUT2D eigenvalue weighted by Gasteiger charge is -2.34. The third-order valence-electron chi connectivity index (χ3n) is 4.35. The maximum Gasteiger partial charge on any atom is 0.0551 e. The van der Waals surface area contributed by atoms with E-state index < -0.39 is 0 Å². The van der Waals surface area contributed by atoms with E-state index in [2.05, 4.69) is 34.3 Å². The highest BCUT2D eigenvalue weighted by Gasteiger charge is 2.28. The van der Waals surface area contributed by atoms with Gasteiger partial charge in [-0.25, -0.2) is 0 Å². The van der Waals surface area contributed by atoms with Gasteiger partial charge in [0.2, 0.25) is 0 Å². The summed E-state index contributed by atoms with van der Waals surface area (Å²) < 4.78 is 0.934. The first kappa shape index (κ1) is 15.3. The van der Waals surface area contributed by atoms with E-state index in [0.717, 1.165) is 15.4 Å². The van der Waals surface area contributed by atoms with Crippen molar-refractivity contribution in [1.82, 2.24) is 5.43 Å². The number of benzene rings is 1. The summed E-state index contributed by atoms with van der Waals surface area (Å²) in [7, 11) is 0. The standard InChI is InChI=1S/C15H22BrClN2/c1-2-10-4-3-5-11(8-10)15(19-18)12-6-7-13(16)14(17)9-12/h6-7,9-11,15,19H,2-5,8,18H2,1H3. The monoisotopic (exact) mass is 344 g/mol. The molecule has 4 heteroatoms. The lowest BCUT2D eigenvalue weighted by atomic mass is 9.75. The highest BCUT2D eigenvalue weighted by atomic mass is 79.9. The van der Waals surface area contributed by atoms with Crippen molar-refractivity contribution < 1.29 is 0 Å². The van der Waals surface area contributed by atoms with Crippen LogP contribution in [0.4, 0.5) is 0 Å². The minimum absolute atomic E-state index is 0.208. The van der Waals surface area contributed by atoms with Gasteiger partial charge in [-0.2, -0.15) is 0 Å². The second kappa shape index (κ2) is 7.07. The van der Waals surface area contributed by atoms with Gasteiger partial charge in [0, 0.05) is 10.5 Å². The zero-order chi connectivity index (χ0) is 13.8. The lowest BCUT2D eigenvalue weighted by molar-refractivity contribution is 0.210. The molecule has 2 rings (SSSR count).